The van der Waals surface area contributed by atoms with E-state index in [0.717, 1.165) is 25.0 Å². The molecule has 2 atom stereocenters. The normalized spacial score (nSPS) is 30.2. The van der Waals surface area contributed by atoms with Crippen LogP contribution in [0.2, 0.25) is 0 Å². The van der Waals surface area contributed by atoms with Crippen LogP contribution >= 0.6 is 0 Å². The Kier molecular flexibility index (Phi) is 3.82. The highest BCUT2D eigenvalue weighted by Gasteiger charge is 2.22. The van der Waals surface area contributed by atoms with Gasteiger partial charge in [0.25, 0.3) is 0 Å². The second-order valence-corrected chi connectivity index (χ2v) is 4.95. The van der Waals surface area contributed by atoms with Crippen LogP contribution in [-0.2, 0) is 4.74 Å². The molecule has 2 unspecified atom stereocenters. The molecule has 0 aromatic heterocycles. The lowest BCUT2D eigenvalue weighted by atomic mass is 9.83. The highest BCUT2D eigenvalue weighted by atomic mass is 16.5. The average molecular weight is 197 g/mol. The third-order valence-corrected chi connectivity index (χ3v) is 3.92. The van der Waals surface area contributed by atoms with Gasteiger partial charge in [-0.1, -0.05) is 19.3 Å². The maximum Gasteiger partial charge on any atom is 0.0509 e. The minimum Gasteiger partial charge on any atom is -0.381 e. The van der Waals surface area contributed by atoms with Crippen LogP contribution in [0.1, 0.15) is 39.0 Å². The summed E-state index contributed by atoms with van der Waals surface area (Å²) in [5, 5.41) is 3.64. The SMILES string of the molecule is CC(NCCC1CCC1)C1CCOC1. The summed E-state index contributed by atoms with van der Waals surface area (Å²) >= 11 is 0. The Morgan fingerprint density at radius 3 is 2.79 bits per heavy atom. The molecule has 0 spiro atoms. The number of ether oxygens (including phenoxy) is 1. The maximum atomic E-state index is 5.40. The summed E-state index contributed by atoms with van der Waals surface area (Å²) in [5.74, 6) is 1.80. The quantitative estimate of drug-likeness (QED) is 0.729. The fraction of sp³-hybridized carbons (Fsp3) is 1.00. The van der Waals surface area contributed by atoms with Gasteiger partial charge in [0.2, 0.25) is 0 Å². The molecule has 14 heavy (non-hydrogen) atoms. The van der Waals surface area contributed by atoms with Crippen molar-refractivity contribution in [3.63, 3.8) is 0 Å². The van der Waals surface area contributed by atoms with Gasteiger partial charge in [0, 0.05) is 12.6 Å². The molecule has 2 fully saturated rings. The van der Waals surface area contributed by atoms with Crippen LogP contribution in [0.5, 0.6) is 0 Å². The van der Waals surface area contributed by atoms with E-state index in [-0.39, 0.29) is 0 Å². The molecule has 1 heterocycles. The zero-order valence-electron chi connectivity index (χ0n) is 9.30. The van der Waals surface area contributed by atoms with Crippen LogP contribution in [0.15, 0.2) is 0 Å². The predicted molar refractivity (Wildman–Crippen MR) is 58.3 cm³/mol. The van der Waals surface area contributed by atoms with Gasteiger partial charge in [0.1, 0.15) is 0 Å². The van der Waals surface area contributed by atoms with Crippen molar-refractivity contribution < 1.29 is 4.74 Å². The summed E-state index contributed by atoms with van der Waals surface area (Å²) in [7, 11) is 0. The van der Waals surface area contributed by atoms with E-state index in [2.05, 4.69) is 12.2 Å². The Bertz CT molecular complexity index is 162. The molecule has 2 aliphatic rings. The van der Waals surface area contributed by atoms with Crippen LogP contribution in [0.3, 0.4) is 0 Å². The number of hydrogen-bond acceptors (Lipinski definition) is 2. The summed E-state index contributed by atoms with van der Waals surface area (Å²) in [6, 6.07) is 0.651. The molecule has 0 amide bonds. The molecule has 2 rings (SSSR count). The Labute approximate surface area is 87.4 Å². The smallest absolute Gasteiger partial charge is 0.0509 e. The first-order valence-corrected chi connectivity index (χ1v) is 6.17. The maximum absolute atomic E-state index is 5.40. The van der Waals surface area contributed by atoms with Crippen LogP contribution in [0.4, 0.5) is 0 Å². The molecule has 1 aliphatic carbocycles. The number of hydrogen-bond donors (Lipinski definition) is 1. The van der Waals surface area contributed by atoms with Crippen molar-refractivity contribution >= 4 is 0 Å². The van der Waals surface area contributed by atoms with Crippen molar-refractivity contribution in [2.45, 2.75) is 45.1 Å². The molecule has 82 valence electrons. The monoisotopic (exact) mass is 197 g/mol. The van der Waals surface area contributed by atoms with Gasteiger partial charge in [-0.05, 0) is 38.1 Å². The summed E-state index contributed by atoms with van der Waals surface area (Å²) in [4.78, 5) is 0. The zero-order chi connectivity index (χ0) is 9.80. The highest BCUT2D eigenvalue weighted by Crippen LogP contribution is 2.28. The van der Waals surface area contributed by atoms with Crippen molar-refractivity contribution in [2.75, 3.05) is 19.8 Å². The van der Waals surface area contributed by atoms with Gasteiger partial charge >= 0.3 is 0 Å². The summed E-state index contributed by atoms with van der Waals surface area (Å²) < 4.78 is 5.40. The predicted octanol–water partition coefficient (Wildman–Crippen LogP) is 2.19. The Hall–Kier alpha value is -0.0800. The molecule has 2 heteroatoms. The third-order valence-electron chi connectivity index (χ3n) is 3.92. The van der Waals surface area contributed by atoms with Gasteiger partial charge in [-0.25, -0.2) is 0 Å². The minimum absolute atomic E-state index is 0.651. The van der Waals surface area contributed by atoms with Crippen molar-refractivity contribution in [3.05, 3.63) is 0 Å². The Balaban J connectivity index is 1.54. The van der Waals surface area contributed by atoms with Crippen LogP contribution in [-0.4, -0.2) is 25.8 Å². The Morgan fingerprint density at radius 2 is 2.21 bits per heavy atom. The van der Waals surface area contributed by atoms with Crippen molar-refractivity contribution in [2.24, 2.45) is 11.8 Å². The first-order chi connectivity index (χ1) is 6.86. The Morgan fingerprint density at radius 1 is 1.36 bits per heavy atom. The van der Waals surface area contributed by atoms with Crippen LogP contribution in [0.25, 0.3) is 0 Å². The lowest BCUT2D eigenvalue weighted by Crippen LogP contribution is -2.35. The summed E-state index contributed by atoms with van der Waals surface area (Å²) in [5.41, 5.74) is 0. The lowest BCUT2D eigenvalue weighted by Gasteiger charge is -2.27. The van der Waals surface area contributed by atoms with E-state index in [9.17, 15) is 0 Å². The second kappa shape index (κ2) is 5.13. The number of rotatable bonds is 5. The summed E-state index contributed by atoms with van der Waals surface area (Å²) in [6.45, 7) is 5.46. The van der Waals surface area contributed by atoms with Gasteiger partial charge in [-0.3, -0.25) is 0 Å². The zero-order valence-corrected chi connectivity index (χ0v) is 9.30. The highest BCUT2D eigenvalue weighted by molar-refractivity contribution is 4.77. The van der Waals surface area contributed by atoms with Crippen LogP contribution < -0.4 is 5.32 Å². The van der Waals surface area contributed by atoms with E-state index >= 15 is 0 Å². The van der Waals surface area contributed by atoms with Gasteiger partial charge in [-0.15, -0.1) is 0 Å². The van der Waals surface area contributed by atoms with E-state index in [1.165, 1.54) is 38.6 Å². The molecule has 2 nitrogen and oxygen atoms in total. The van der Waals surface area contributed by atoms with Crippen molar-refractivity contribution in [1.82, 2.24) is 5.32 Å². The van der Waals surface area contributed by atoms with E-state index in [1.807, 2.05) is 0 Å². The van der Waals surface area contributed by atoms with E-state index in [4.69, 9.17) is 4.74 Å². The van der Waals surface area contributed by atoms with Gasteiger partial charge < -0.3 is 10.1 Å². The molecule has 0 bridgehead atoms. The van der Waals surface area contributed by atoms with E-state index in [0.29, 0.717) is 6.04 Å². The molecule has 0 aromatic carbocycles. The molecular formula is C12H23NO. The van der Waals surface area contributed by atoms with Gasteiger partial charge in [0.05, 0.1) is 6.61 Å². The molecule has 1 N–H and O–H groups in total. The van der Waals surface area contributed by atoms with E-state index < -0.39 is 0 Å². The average Bonchev–Trinajstić information content (AvgIpc) is 2.61. The van der Waals surface area contributed by atoms with E-state index in [1.54, 1.807) is 0 Å². The van der Waals surface area contributed by atoms with Gasteiger partial charge in [-0.2, -0.15) is 0 Å². The lowest BCUT2D eigenvalue weighted by molar-refractivity contribution is 0.177. The molecule has 0 aromatic rings. The largest absolute Gasteiger partial charge is 0.381 e. The minimum atomic E-state index is 0.651. The standard InChI is InChI=1S/C12H23NO/c1-10(12-6-8-14-9-12)13-7-5-11-3-2-4-11/h10-13H,2-9H2,1H3. The first kappa shape index (κ1) is 10.4. The number of nitrogens with one attached hydrogen (secondary N) is 1. The molecule has 1 saturated carbocycles. The molecular weight excluding hydrogens is 174 g/mol. The topological polar surface area (TPSA) is 21.3 Å². The van der Waals surface area contributed by atoms with Crippen molar-refractivity contribution in [1.29, 1.82) is 0 Å². The molecule has 1 aliphatic heterocycles. The third kappa shape index (κ3) is 2.71. The second-order valence-electron chi connectivity index (χ2n) is 4.95. The van der Waals surface area contributed by atoms with Crippen molar-refractivity contribution in [3.8, 4) is 0 Å². The first-order valence-electron chi connectivity index (χ1n) is 6.17. The van der Waals surface area contributed by atoms with Crippen LogP contribution in [0, 0.1) is 11.8 Å². The molecule has 0 radical (unpaired) electrons. The van der Waals surface area contributed by atoms with Gasteiger partial charge in [0.15, 0.2) is 0 Å². The molecule has 1 saturated heterocycles. The summed E-state index contributed by atoms with van der Waals surface area (Å²) in [6.07, 6.45) is 7.05. The fourth-order valence-electron chi connectivity index (χ4n) is 2.41. The fourth-order valence-corrected chi connectivity index (χ4v) is 2.41.